The Morgan fingerprint density at radius 3 is 2.72 bits per heavy atom. The molecule has 1 aliphatic rings. The maximum Gasteiger partial charge on any atom is 0.247 e. The molecular formula is C22H33IN2O7. The predicted molar refractivity (Wildman–Crippen MR) is 128 cm³/mol. The SMILES string of the molecule is CCOCCCN[C@@H]1CC(C(=O)NCCO)=C[C@H](Oc2c(I)cc(CO)cc2OC)[C@H]1O. The van der Waals surface area contributed by atoms with Gasteiger partial charge in [0, 0.05) is 31.4 Å². The largest absolute Gasteiger partial charge is 0.493 e. The van der Waals surface area contributed by atoms with Crippen LogP contribution < -0.4 is 20.1 Å². The van der Waals surface area contributed by atoms with Crippen molar-refractivity contribution in [3.63, 3.8) is 0 Å². The Morgan fingerprint density at radius 2 is 2.06 bits per heavy atom. The second kappa shape index (κ2) is 14.0. The van der Waals surface area contributed by atoms with Gasteiger partial charge in [0.25, 0.3) is 0 Å². The Morgan fingerprint density at radius 1 is 1.28 bits per heavy atom. The molecule has 0 aromatic heterocycles. The Bertz CT molecular complexity index is 775. The summed E-state index contributed by atoms with van der Waals surface area (Å²) in [7, 11) is 1.50. The summed E-state index contributed by atoms with van der Waals surface area (Å²) in [6, 6.07) is 3.05. The third-order valence-electron chi connectivity index (χ3n) is 5.04. The molecule has 9 nitrogen and oxygen atoms in total. The Labute approximate surface area is 202 Å². The van der Waals surface area contributed by atoms with Crippen LogP contribution in [0.15, 0.2) is 23.8 Å². The van der Waals surface area contributed by atoms with Crippen LogP contribution in [0.2, 0.25) is 0 Å². The van der Waals surface area contributed by atoms with Crippen molar-refractivity contribution in [2.45, 2.75) is 44.6 Å². The fourth-order valence-electron chi connectivity index (χ4n) is 3.42. The van der Waals surface area contributed by atoms with Crippen molar-refractivity contribution in [3.05, 3.63) is 32.9 Å². The lowest BCUT2D eigenvalue weighted by molar-refractivity contribution is -0.118. The van der Waals surface area contributed by atoms with Gasteiger partial charge in [0.2, 0.25) is 5.91 Å². The minimum Gasteiger partial charge on any atom is -0.493 e. The summed E-state index contributed by atoms with van der Waals surface area (Å²) < 4.78 is 17.6. The minimum atomic E-state index is -0.908. The van der Waals surface area contributed by atoms with E-state index < -0.39 is 18.2 Å². The molecule has 0 fully saturated rings. The van der Waals surface area contributed by atoms with Crippen LogP contribution in [0.3, 0.4) is 0 Å². The summed E-state index contributed by atoms with van der Waals surface area (Å²) in [6.45, 7) is 3.66. The van der Waals surface area contributed by atoms with Crippen molar-refractivity contribution in [2.24, 2.45) is 0 Å². The molecule has 0 aliphatic heterocycles. The first-order valence-electron chi connectivity index (χ1n) is 10.7. The molecule has 0 saturated carbocycles. The topological polar surface area (TPSA) is 130 Å². The lowest BCUT2D eigenvalue weighted by Crippen LogP contribution is -2.52. The Kier molecular flexibility index (Phi) is 11.7. The van der Waals surface area contributed by atoms with Crippen molar-refractivity contribution in [3.8, 4) is 11.5 Å². The van der Waals surface area contributed by atoms with Crippen molar-refractivity contribution in [2.75, 3.05) is 40.0 Å². The number of carbonyl (C=O) groups excluding carboxylic acids is 1. The maximum atomic E-state index is 12.6. The second-order valence-electron chi connectivity index (χ2n) is 7.33. The molecule has 180 valence electrons. The molecule has 0 bridgehead atoms. The molecule has 1 amide bonds. The number of hydrogen-bond donors (Lipinski definition) is 5. The molecule has 1 aliphatic carbocycles. The third-order valence-corrected chi connectivity index (χ3v) is 5.85. The number of aliphatic hydroxyl groups excluding tert-OH is 3. The summed E-state index contributed by atoms with van der Waals surface area (Å²) in [5.74, 6) is 0.551. The van der Waals surface area contributed by atoms with Gasteiger partial charge in [-0.05, 0) is 72.7 Å². The molecule has 2 rings (SSSR count). The third kappa shape index (κ3) is 7.56. The van der Waals surface area contributed by atoms with E-state index in [1.54, 1.807) is 18.2 Å². The average Bonchev–Trinajstić information content (AvgIpc) is 2.80. The number of amides is 1. The molecule has 0 saturated heterocycles. The summed E-state index contributed by atoms with van der Waals surface area (Å²) >= 11 is 2.08. The van der Waals surface area contributed by atoms with E-state index in [-0.39, 0.29) is 25.7 Å². The van der Waals surface area contributed by atoms with Crippen molar-refractivity contribution >= 4 is 28.5 Å². The Balaban J connectivity index is 2.24. The van der Waals surface area contributed by atoms with E-state index >= 15 is 0 Å². The summed E-state index contributed by atoms with van der Waals surface area (Å²) in [5.41, 5.74) is 1.15. The molecule has 0 unspecified atom stereocenters. The molecule has 3 atom stereocenters. The number of carbonyl (C=O) groups is 1. The quantitative estimate of drug-likeness (QED) is 0.175. The smallest absolute Gasteiger partial charge is 0.247 e. The summed E-state index contributed by atoms with van der Waals surface area (Å²) in [6.07, 6.45) is 1.00. The van der Waals surface area contributed by atoms with Crippen LogP contribution in [-0.4, -0.2) is 79.5 Å². The highest BCUT2D eigenvalue weighted by Crippen LogP contribution is 2.36. The van der Waals surface area contributed by atoms with Gasteiger partial charge in [0.1, 0.15) is 12.2 Å². The van der Waals surface area contributed by atoms with E-state index in [2.05, 4.69) is 33.2 Å². The predicted octanol–water partition coefficient (Wildman–Crippen LogP) is 0.724. The molecule has 0 spiro atoms. The van der Waals surface area contributed by atoms with Gasteiger partial charge in [-0.2, -0.15) is 0 Å². The minimum absolute atomic E-state index is 0.137. The molecule has 1 aromatic carbocycles. The fourth-order valence-corrected chi connectivity index (χ4v) is 4.21. The highest BCUT2D eigenvalue weighted by molar-refractivity contribution is 14.1. The highest BCUT2D eigenvalue weighted by atomic mass is 127. The number of benzene rings is 1. The number of hydrogen-bond acceptors (Lipinski definition) is 8. The number of nitrogens with one attached hydrogen (secondary N) is 2. The van der Waals surface area contributed by atoms with Crippen LogP contribution in [0, 0.1) is 3.57 Å². The van der Waals surface area contributed by atoms with Crippen LogP contribution >= 0.6 is 22.6 Å². The fraction of sp³-hybridized carbons (Fsp3) is 0.591. The molecule has 5 N–H and O–H groups in total. The molecule has 10 heteroatoms. The lowest BCUT2D eigenvalue weighted by atomic mass is 9.89. The monoisotopic (exact) mass is 564 g/mol. The van der Waals surface area contributed by atoms with Gasteiger partial charge in [0.05, 0.1) is 23.9 Å². The first kappa shape index (κ1) is 26.8. The van der Waals surface area contributed by atoms with Gasteiger partial charge in [-0.15, -0.1) is 0 Å². The number of halogens is 1. The van der Waals surface area contributed by atoms with Gasteiger partial charge >= 0.3 is 0 Å². The van der Waals surface area contributed by atoms with Gasteiger partial charge in [-0.3, -0.25) is 4.79 Å². The standard InChI is InChI=1S/C22H33IN2O7/c1-3-31-8-4-5-24-17-11-15(22(29)25-6-7-26)12-18(20(17)28)32-21-16(23)9-14(13-27)10-19(21)30-2/h9-10,12,17-18,20,24,26-28H,3-8,11,13H2,1-2H3,(H,25,29)/t17-,18+,20+/m1/s1. The molecule has 1 aromatic rings. The van der Waals surface area contributed by atoms with E-state index in [0.29, 0.717) is 52.4 Å². The van der Waals surface area contributed by atoms with Crippen molar-refractivity contribution in [1.82, 2.24) is 10.6 Å². The molecule has 0 heterocycles. The maximum absolute atomic E-state index is 12.6. The zero-order valence-electron chi connectivity index (χ0n) is 18.5. The summed E-state index contributed by atoms with van der Waals surface area (Å²) in [5, 5.41) is 35.4. The van der Waals surface area contributed by atoms with Gasteiger partial charge in [-0.1, -0.05) is 0 Å². The molecular weight excluding hydrogens is 531 g/mol. The normalized spacial score (nSPS) is 20.6. The number of ether oxygens (including phenoxy) is 3. The van der Waals surface area contributed by atoms with Gasteiger partial charge in [0.15, 0.2) is 11.5 Å². The van der Waals surface area contributed by atoms with Gasteiger partial charge in [-0.25, -0.2) is 0 Å². The van der Waals surface area contributed by atoms with Crippen LogP contribution in [0.25, 0.3) is 0 Å². The van der Waals surface area contributed by atoms with Crippen molar-refractivity contribution in [1.29, 1.82) is 0 Å². The first-order valence-corrected chi connectivity index (χ1v) is 11.8. The van der Waals surface area contributed by atoms with E-state index in [4.69, 9.17) is 19.3 Å². The number of aliphatic hydroxyl groups is 3. The van der Waals surface area contributed by atoms with Crippen molar-refractivity contribution < 1.29 is 34.3 Å². The van der Waals surface area contributed by atoms with E-state index in [9.17, 15) is 15.0 Å². The first-order chi connectivity index (χ1) is 15.4. The van der Waals surface area contributed by atoms with Crippen LogP contribution in [0.4, 0.5) is 0 Å². The van der Waals surface area contributed by atoms with Crippen LogP contribution in [-0.2, 0) is 16.1 Å². The molecule has 32 heavy (non-hydrogen) atoms. The van der Waals surface area contributed by atoms with Crippen LogP contribution in [0.5, 0.6) is 11.5 Å². The second-order valence-corrected chi connectivity index (χ2v) is 8.49. The summed E-state index contributed by atoms with van der Waals surface area (Å²) in [4.78, 5) is 12.6. The number of methoxy groups -OCH3 is 1. The van der Waals surface area contributed by atoms with Crippen LogP contribution in [0.1, 0.15) is 25.3 Å². The molecule has 0 radical (unpaired) electrons. The van der Waals surface area contributed by atoms with E-state index in [0.717, 1.165) is 6.42 Å². The highest BCUT2D eigenvalue weighted by Gasteiger charge is 2.35. The average molecular weight is 564 g/mol. The van der Waals surface area contributed by atoms with E-state index in [1.807, 2.05) is 6.92 Å². The lowest BCUT2D eigenvalue weighted by Gasteiger charge is -2.34. The number of rotatable bonds is 13. The van der Waals surface area contributed by atoms with E-state index in [1.165, 1.54) is 7.11 Å². The zero-order valence-corrected chi connectivity index (χ0v) is 20.6. The zero-order chi connectivity index (χ0) is 23.5. The Hall–Kier alpha value is -1.44. The van der Waals surface area contributed by atoms with Gasteiger partial charge < -0.3 is 40.2 Å².